The van der Waals surface area contributed by atoms with Gasteiger partial charge in [-0.3, -0.25) is 4.90 Å². The van der Waals surface area contributed by atoms with Crippen LogP contribution in [0.5, 0.6) is 0 Å². The Balaban J connectivity index is 1.67. The molecule has 1 N–H and O–H groups in total. The summed E-state index contributed by atoms with van der Waals surface area (Å²) in [5.41, 5.74) is 3.23. The third-order valence-corrected chi connectivity index (χ3v) is 7.27. The highest BCUT2D eigenvalue weighted by Gasteiger charge is 2.35. The molecule has 0 saturated carbocycles. The first kappa shape index (κ1) is 21.8. The molecule has 166 valence electrons. The molecule has 1 aliphatic rings. The predicted octanol–water partition coefficient (Wildman–Crippen LogP) is 6.53. The van der Waals surface area contributed by atoms with E-state index in [0.29, 0.717) is 16.8 Å². The van der Waals surface area contributed by atoms with Crippen LogP contribution in [0.25, 0.3) is 16.3 Å². The second kappa shape index (κ2) is 9.09. The third kappa shape index (κ3) is 4.19. The average molecular weight is 495 g/mol. The molecule has 0 amide bonds. The van der Waals surface area contributed by atoms with E-state index in [1.54, 1.807) is 17.8 Å². The molecule has 0 bridgehead atoms. The predicted molar refractivity (Wildman–Crippen MR) is 136 cm³/mol. The Hall–Kier alpha value is -3.01. The molecule has 2 aromatic carbocycles. The molecular weight excluding hydrogens is 475 g/mol. The largest absolute Gasteiger partial charge is 0.351 e. The zero-order chi connectivity index (χ0) is 22.9. The smallest absolute Gasteiger partial charge is 0.258 e. The lowest BCUT2D eigenvalue weighted by Gasteiger charge is -2.37. The van der Waals surface area contributed by atoms with Crippen molar-refractivity contribution in [2.24, 2.45) is 0 Å². The summed E-state index contributed by atoms with van der Waals surface area (Å²) in [7, 11) is 0. The summed E-state index contributed by atoms with van der Waals surface area (Å²) >= 11 is 8.96. The van der Waals surface area contributed by atoms with Crippen molar-refractivity contribution in [1.82, 2.24) is 15.5 Å². The highest BCUT2D eigenvalue weighted by atomic mass is 32.2. The van der Waals surface area contributed by atoms with Crippen LogP contribution in [-0.4, -0.2) is 21.5 Å². The van der Waals surface area contributed by atoms with Crippen LogP contribution in [0.2, 0.25) is 0 Å². The van der Waals surface area contributed by atoms with Crippen molar-refractivity contribution >= 4 is 51.7 Å². The monoisotopic (exact) mass is 494 g/mol. The summed E-state index contributed by atoms with van der Waals surface area (Å²) in [6.45, 7) is 1.97. The number of benzene rings is 2. The van der Waals surface area contributed by atoms with Gasteiger partial charge >= 0.3 is 0 Å². The molecule has 1 atom stereocenters. The van der Waals surface area contributed by atoms with Gasteiger partial charge in [0.05, 0.1) is 16.5 Å². The first-order valence-electron chi connectivity index (χ1n) is 10.1. The Morgan fingerprint density at radius 1 is 1.15 bits per heavy atom. The van der Waals surface area contributed by atoms with E-state index in [4.69, 9.17) is 16.7 Å². The number of thiocarbonyl (C=S) groups is 1. The maximum absolute atomic E-state index is 14.1. The number of anilines is 1. The van der Waals surface area contributed by atoms with Crippen molar-refractivity contribution in [3.8, 4) is 10.7 Å². The summed E-state index contributed by atoms with van der Waals surface area (Å²) in [5, 5.41) is 10.0. The SMILES string of the molecule is CSc1cccc(N2C(=S)NC(c3cccc(F)c3)C(c3nc(-c4cccs4)no3)=C2C)c1. The molecule has 0 fully saturated rings. The van der Waals surface area contributed by atoms with E-state index in [9.17, 15) is 4.39 Å². The van der Waals surface area contributed by atoms with E-state index >= 15 is 0 Å². The van der Waals surface area contributed by atoms with Gasteiger partial charge in [0.25, 0.3) is 5.89 Å². The van der Waals surface area contributed by atoms with E-state index < -0.39 is 6.04 Å². The van der Waals surface area contributed by atoms with Crippen LogP contribution in [0.1, 0.15) is 24.4 Å². The fourth-order valence-corrected chi connectivity index (χ4v) is 5.32. The minimum Gasteiger partial charge on any atom is -0.351 e. The minimum absolute atomic E-state index is 0.322. The first-order valence-corrected chi connectivity index (χ1v) is 12.7. The Morgan fingerprint density at radius 2 is 2.00 bits per heavy atom. The number of hydrogen-bond acceptors (Lipinski definition) is 6. The average Bonchev–Trinajstić information content (AvgIpc) is 3.51. The molecule has 2 aromatic heterocycles. The second-order valence-electron chi connectivity index (χ2n) is 7.37. The summed E-state index contributed by atoms with van der Waals surface area (Å²) in [6, 6.07) is 18.0. The number of thiophene rings is 1. The maximum Gasteiger partial charge on any atom is 0.258 e. The molecular formula is C24H19FN4OS3. The molecule has 0 saturated heterocycles. The van der Waals surface area contributed by atoms with Crippen molar-refractivity contribution in [3.05, 3.63) is 89.0 Å². The molecule has 0 spiro atoms. The zero-order valence-corrected chi connectivity index (χ0v) is 20.2. The highest BCUT2D eigenvalue weighted by molar-refractivity contribution is 7.98. The van der Waals surface area contributed by atoms with Gasteiger partial charge in [-0.1, -0.05) is 29.4 Å². The van der Waals surface area contributed by atoms with E-state index in [0.717, 1.165) is 32.3 Å². The van der Waals surface area contributed by atoms with Crippen LogP contribution in [-0.2, 0) is 0 Å². The summed E-state index contributed by atoms with van der Waals surface area (Å²) in [6.07, 6.45) is 2.03. The summed E-state index contributed by atoms with van der Waals surface area (Å²) in [5.74, 6) is 0.561. The molecule has 9 heteroatoms. The first-order chi connectivity index (χ1) is 16.0. The Morgan fingerprint density at radius 3 is 2.76 bits per heavy atom. The van der Waals surface area contributed by atoms with E-state index in [-0.39, 0.29) is 5.82 Å². The van der Waals surface area contributed by atoms with Gasteiger partial charge in [0.2, 0.25) is 5.82 Å². The fourth-order valence-electron chi connectivity index (χ4n) is 3.86. The lowest BCUT2D eigenvalue weighted by Crippen LogP contribution is -2.46. The van der Waals surface area contributed by atoms with Crippen LogP contribution >= 0.6 is 35.3 Å². The molecule has 33 heavy (non-hydrogen) atoms. The van der Waals surface area contributed by atoms with Gasteiger partial charge in [0.1, 0.15) is 5.82 Å². The van der Waals surface area contributed by atoms with Gasteiger partial charge < -0.3 is 9.84 Å². The van der Waals surface area contributed by atoms with E-state index in [1.165, 1.54) is 23.5 Å². The lowest BCUT2D eigenvalue weighted by atomic mass is 9.94. The van der Waals surface area contributed by atoms with E-state index in [1.807, 2.05) is 53.8 Å². The number of aromatic nitrogens is 2. The molecule has 5 rings (SSSR count). The zero-order valence-electron chi connectivity index (χ0n) is 17.8. The van der Waals surface area contributed by atoms with Gasteiger partial charge in [-0.25, -0.2) is 4.39 Å². The maximum atomic E-state index is 14.1. The van der Waals surface area contributed by atoms with Crippen molar-refractivity contribution in [1.29, 1.82) is 0 Å². The number of thioether (sulfide) groups is 1. The number of allylic oxidation sites excluding steroid dienone is 1. The number of rotatable bonds is 5. The summed E-state index contributed by atoms with van der Waals surface area (Å²) in [4.78, 5) is 8.66. The third-order valence-electron chi connectivity index (χ3n) is 5.38. The topological polar surface area (TPSA) is 54.2 Å². The van der Waals surface area contributed by atoms with Gasteiger partial charge in [-0.05, 0) is 72.7 Å². The lowest BCUT2D eigenvalue weighted by molar-refractivity contribution is 0.404. The molecule has 1 aliphatic heterocycles. The van der Waals surface area contributed by atoms with E-state index in [2.05, 4.69) is 27.6 Å². The molecule has 3 heterocycles. The highest BCUT2D eigenvalue weighted by Crippen LogP contribution is 2.40. The number of nitrogens with one attached hydrogen (secondary N) is 1. The number of halogens is 1. The second-order valence-corrected chi connectivity index (χ2v) is 9.59. The Labute approximate surface area is 204 Å². The molecule has 0 aliphatic carbocycles. The molecule has 5 nitrogen and oxygen atoms in total. The normalized spacial score (nSPS) is 16.3. The number of nitrogens with zero attached hydrogens (tertiary/aromatic N) is 3. The molecule has 4 aromatic rings. The van der Waals surface area contributed by atoms with Crippen molar-refractivity contribution in [3.63, 3.8) is 0 Å². The molecule has 0 radical (unpaired) electrons. The van der Waals surface area contributed by atoms with Gasteiger partial charge in [0.15, 0.2) is 5.11 Å². The Bertz CT molecular complexity index is 1350. The molecule has 1 unspecified atom stereocenters. The van der Waals surface area contributed by atoms with Crippen LogP contribution < -0.4 is 10.2 Å². The fraction of sp³-hybridized carbons (Fsp3) is 0.125. The standard InChI is InChI=1S/C24H19FN4OS3/c1-14-20(23-27-22(28-30-23)19-10-5-11-33-19)21(15-6-3-7-16(25)12-15)26-24(31)29(14)17-8-4-9-18(13-17)32-2/h3-13,21H,1-2H3,(H,26,31). The minimum atomic E-state index is -0.440. The quantitative estimate of drug-likeness (QED) is 0.250. The van der Waals surface area contributed by atoms with Crippen molar-refractivity contribution in [2.75, 3.05) is 11.2 Å². The van der Waals surface area contributed by atoms with Crippen LogP contribution in [0.3, 0.4) is 0 Å². The van der Waals surface area contributed by atoms with Gasteiger partial charge in [-0.2, -0.15) is 4.98 Å². The van der Waals surface area contributed by atoms with Crippen LogP contribution in [0.4, 0.5) is 10.1 Å². The van der Waals surface area contributed by atoms with Gasteiger partial charge in [0, 0.05) is 16.3 Å². The van der Waals surface area contributed by atoms with Gasteiger partial charge in [-0.15, -0.1) is 23.1 Å². The Kier molecular flexibility index (Phi) is 6.01. The van der Waals surface area contributed by atoms with Crippen LogP contribution in [0.15, 0.2) is 81.2 Å². The van der Waals surface area contributed by atoms with Crippen molar-refractivity contribution < 1.29 is 8.91 Å². The summed E-state index contributed by atoms with van der Waals surface area (Å²) < 4.78 is 19.8. The number of hydrogen-bond donors (Lipinski definition) is 1. The van der Waals surface area contributed by atoms with Crippen LogP contribution in [0, 0.1) is 5.82 Å². The van der Waals surface area contributed by atoms with Crippen molar-refractivity contribution in [2.45, 2.75) is 17.9 Å².